The zero-order valence-corrected chi connectivity index (χ0v) is 12.4. The predicted octanol–water partition coefficient (Wildman–Crippen LogP) is 2.45. The van der Waals surface area contributed by atoms with Crippen LogP contribution in [0.5, 0.6) is 0 Å². The number of hydrogen-bond acceptors (Lipinski definition) is 6. The van der Waals surface area contributed by atoms with Crippen molar-refractivity contribution in [2.24, 2.45) is 5.73 Å². The summed E-state index contributed by atoms with van der Waals surface area (Å²) in [5.41, 5.74) is 7.28. The van der Waals surface area contributed by atoms with Crippen LogP contribution in [0.2, 0.25) is 0 Å². The summed E-state index contributed by atoms with van der Waals surface area (Å²) in [5.74, 6) is 1.15. The van der Waals surface area contributed by atoms with E-state index in [2.05, 4.69) is 28.9 Å². The molecular formula is C13H20N4OS. The van der Waals surface area contributed by atoms with Gasteiger partial charge in [-0.3, -0.25) is 0 Å². The largest absolute Gasteiger partial charge is 0.333 e. The van der Waals surface area contributed by atoms with Crippen LogP contribution in [0.1, 0.15) is 31.3 Å². The van der Waals surface area contributed by atoms with Gasteiger partial charge in [0.15, 0.2) is 5.82 Å². The molecule has 6 heteroatoms. The summed E-state index contributed by atoms with van der Waals surface area (Å²) >= 11 is 1.60. The quantitative estimate of drug-likeness (QED) is 0.880. The lowest BCUT2D eigenvalue weighted by Crippen LogP contribution is -2.32. The number of hydrogen-bond donors (Lipinski definition) is 1. The normalized spacial score (nSPS) is 13.1. The fourth-order valence-corrected chi connectivity index (χ4v) is 2.76. The second-order valence-electron chi connectivity index (χ2n) is 4.48. The molecule has 2 heterocycles. The first-order chi connectivity index (χ1) is 9.15. The van der Waals surface area contributed by atoms with Crippen LogP contribution in [-0.2, 0) is 0 Å². The van der Waals surface area contributed by atoms with Crippen LogP contribution in [0.4, 0.5) is 0 Å². The number of aromatic nitrogens is 2. The molecule has 2 aromatic heterocycles. The molecule has 0 spiro atoms. The minimum atomic E-state index is -0.210. The van der Waals surface area contributed by atoms with Crippen molar-refractivity contribution in [3.63, 3.8) is 0 Å². The van der Waals surface area contributed by atoms with Crippen molar-refractivity contribution in [2.75, 3.05) is 19.6 Å². The van der Waals surface area contributed by atoms with Gasteiger partial charge in [0.1, 0.15) is 0 Å². The summed E-state index contributed by atoms with van der Waals surface area (Å²) in [6.45, 7) is 8.96. The Labute approximate surface area is 117 Å². The zero-order valence-electron chi connectivity index (χ0n) is 11.6. The Morgan fingerprint density at radius 1 is 1.42 bits per heavy atom. The van der Waals surface area contributed by atoms with Crippen LogP contribution in [-0.4, -0.2) is 34.7 Å². The van der Waals surface area contributed by atoms with Gasteiger partial charge in [0, 0.05) is 6.54 Å². The lowest BCUT2D eigenvalue weighted by molar-refractivity contribution is 0.278. The van der Waals surface area contributed by atoms with Crippen molar-refractivity contribution in [3.05, 3.63) is 22.8 Å². The second kappa shape index (κ2) is 6.27. The highest BCUT2D eigenvalue weighted by molar-refractivity contribution is 7.13. The van der Waals surface area contributed by atoms with E-state index >= 15 is 0 Å². The molecule has 0 amide bonds. The third kappa shape index (κ3) is 3.20. The molecule has 1 atom stereocenters. The molecule has 0 aliphatic carbocycles. The molecule has 0 aromatic carbocycles. The van der Waals surface area contributed by atoms with E-state index in [1.54, 1.807) is 11.3 Å². The summed E-state index contributed by atoms with van der Waals surface area (Å²) in [6, 6.07) is 1.83. The maximum Gasteiger partial charge on any atom is 0.268 e. The topological polar surface area (TPSA) is 68.2 Å². The molecule has 0 bridgehead atoms. The Morgan fingerprint density at radius 2 is 2.16 bits per heavy atom. The Morgan fingerprint density at radius 3 is 2.74 bits per heavy atom. The van der Waals surface area contributed by atoms with Crippen LogP contribution in [0.15, 0.2) is 16.0 Å². The van der Waals surface area contributed by atoms with E-state index in [0.717, 1.165) is 30.1 Å². The monoisotopic (exact) mass is 280 g/mol. The fraction of sp³-hybridized carbons (Fsp3) is 0.538. The van der Waals surface area contributed by atoms with E-state index in [0.29, 0.717) is 11.7 Å². The number of nitrogens with zero attached hydrogens (tertiary/aromatic N) is 3. The molecule has 19 heavy (non-hydrogen) atoms. The molecule has 0 fully saturated rings. The van der Waals surface area contributed by atoms with E-state index in [1.165, 1.54) is 0 Å². The summed E-state index contributed by atoms with van der Waals surface area (Å²) in [4.78, 5) is 7.69. The molecule has 104 valence electrons. The van der Waals surface area contributed by atoms with Crippen LogP contribution in [0.25, 0.3) is 10.8 Å². The first kappa shape index (κ1) is 14.2. The smallest absolute Gasteiger partial charge is 0.268 e. The number of thiophene rings is 1. The minimum absolute atomic E-state index is 0.210. The van der Waals surface area contributed by atoms with Gasteiger partial charge in [-0.05, 0) is 37.0 Å². The first-order valence-corrected chi connectivity index (χ1v) is 7.39. The molecule has 5 nitrogen and oxygen atoms in total. The minimum Gasteiger partial charge on any atom is -0.333 e. The summed E-state index contributed by atoms with van der Waals surface area (Å²) in [6.07, 6.45) is 0. The van der Waals surface area contributed by atoms with Crippen LogP contribution < -0.4 is 5.73 Å². The number of rotatable bonds is 6. The number of aryl methyl sites for hydroxylation is 1. The van der Waals surface area contributed by atoms with Crippen LogP contribution in [0.3, 0.4) is 0 Å². The maximum absolute atomic E-state index is 6.13. The molecule has 2 aromatic rings. The van der Waals surface area contributed by atoms with E-state index in [4.69, 9.17) is 10.3 Å². The average Bonchev–Trinajstić information content (AvgIpc) is 3.03. The molecule has 0 radical (unpaired) electrons. The lowest BCUT2D eigenvalue weighted by Gasteiger charge is -2.20. The van der Waals surface area contributed by atoms with Crippen molar-refractivity contribution in [2.45, 2.75) is 26.8 Å². The molecule has 0 saturated heterocycles. The van der Waals surface area contributed by atoms with E-state index in [1.807, 2.05) is 18.4 Å². The SMILES string of the molecule is CCN(CC)CC(N)c1noc(-c2sccc2C)n1. The summed E-state index contributed by atoms with van der Waals surface area (Å²) in [5, 5.41) is 6.02. The third-order valence-electron chi connectivity index (χ3n) is 3.18. The van der Waals surface area contributed by atoms with E-state index in [-0.39, 0.29) is 6.04 Å². The van der Waals surface area contributed by atoms with Crippen LogP contribution in [0, 0.1) is 6.92 Å². The van der Waals surface area contributed by atoms with Crippen molar-refractivity contribution < 1.29 is 4.52 Å². The molecule has 2 N–H and O–H groups in total. The fourth-order valence-electron chi connectivity index (χ4n) is 1.91. The van der Waals surface area contributed by atoms with Crippen LogP contribution >= 0.6 is 11.3 Å². The average molecular weight is 280 g/mol. The van der Waals surface area contributed by atoms with Gasteiger partial charge in [-0.15, -0.1) is 11.3 Å². The highest BCUT2D eigenvalue weighted by Gasteiger charge is 2.18. The maximum atomic E-state index is 6.13. The van der Waals surface area contributed by atoms with Gasteiger partial charge < -0.3 is 15.2 Å². The van der Waals surface area contributed by atoms with Gasteiger partial charge in [-0.2, -0.15) is 4.98 Å². The molecule has 2 rings (SSSR count). The van der Waals surface area contributed by atoms with Gasteiger partial charge >= 0.3 is 0 Å². The van der Waals surface area contributed by atoms with Crippen molar-refractivity contribution in [1.29, 1.82) is 0 Å². The van der Waals surface area contributed by atoms with Gasteiger partial charge in [0.05, 0.1) is 10.9 Å². The molecule has 0 aliphatic heterocycles. The zero-order chi connectivity index (χ0) is 13.8. The Kier molecular flexibility index (Phi) is 4.68. The Balaban J connectivity index is 2.11. The molecule has 0 aliphatic rings. The highest BCUT2D eigenvalue weighted by atomic mass is 32.1. The first-order valence-electron chi connectivity index (χ1n) is 6.51. The van der Waals surface area contributed by atoms with E-state index in [9.17, 15) is 0 Å². The Hall–Kier alpha value is -1.24. The van der Waals surface area contributed by atoms with Crippen molar-refractivity contribution in [3.8, 4) is 10.8 Å². The molecule has 1 unspecified atom stereocenters. The van der Waals surface area contributed by atoms with Gasteiger partial charge in [0.25, 0.3) is 5.89 Å². The van der Waals surface area contributed by atoms with Crippen molar-refractivity contribution in [1.82, 2.24) is 15.0 Å². The summed E-state index contributed by atoms with van der Waals surface area (Å²) < 4.78 is 5.31. The lowest BCUT2D eigenvalue weighted by atomic mass is 10.2. The number of likely N-dealkylation sites (N-methyl/N-ethyl adjacent to an activating group) is 1. The number of nitrogens with two attached hydrogens (primary N) is 1. The van der Waals surface area contributed by atoms with Gasteiger partial charge in [-0.1, -0.05) is 19.0 Å². The Bertz CT molecular complexity index is 518. The van der Waals surface area contributed by atoms with E-state index < -0.39 is 0 Å². The van der Waals surface area contributed by atoms with Gasteiger partial charge in [-0.25, -0.2) is 0 Å². The molecule has 0 saturated carbocycles. The standard InChI is InChI=1S/C13H20N4OS/c1-4-17(5-2)8-10(14)12-15-13(18-16-12)11-9(3)6-7-19-11/h6-7,10H,4-5,8,14H2,1-3H3. The highest BCUT2D eigenvalue weighted by Crippen LogP contribution is 2.28. The van der Waals surface area contributed by atoms with Crippen molar-refractivity contribution >= 4 is 11.3 Å². The van der Waals surface area contributed by atoms with Gasteiger partial charge in [0.2, 0.25) is 0 Å². The molecular weight excluding hydrogens is 260 g/mol. The summed E-state index contributed by atoms with van der Waals surface area (Å²) in [7, 11) is 0. The third-order valence-corrected chi connectivity index (χ3v) is 4.18. The predicted molar refractivity (Wildman–Crippen MR) is 77.1 cm³/mol. The second-order valence-corrected chi connectivity index (χ2v) is 5.40.